The lowest BCUT2D eigenvalue weighted by Crippen LogP contribution is -1.92. The molecule has 1 aromatic rings. The maximum atomic E-state index is 5.62. The van der Waals surface area contributed by atoms with Crippen molar-refractivity contribution in [1.29, 1.82) is 0 Å². The summed E-state index contributed by atoms with van der Waals surface area (Å²) < 4.78 is 0. The van der Waals surface area contributed by atoms with Gasteiger partial charge in [0.15, 0.2) is 0 Å². The molecule has 0 atom stereocenters. The van der Waals surface area contributed by atoms with Crippen molar-refractivity contribution in [3.8, 4) is 0 Å². The molecule has 0 aliphatic rings. The summed E-state index contributed by atoms with van der Waals surface area (Å²) in [7, 11) is 0. The molecule has 1 aromatic carbocycles. The smallest absolute Gasteiger partial charge is 0.0314 e. The lowest BCUT2D eigenvalue weighted by atomic mass is 10.1. The fraction of sp³-hybridized carbons (Fsp3) is 0.0909. The van der Waals surface area contributed by atoms with Crippen LogP contribution in [0.4, 0.5) is 0 Å². The van der Waals surface area contributed by atoms with Crippen molar-refractivity contribution in [2.45, 2.75) is 6.92 Å². The Bertz CT molecular complexity index is 311. The number of allylic oxidation sites excluding steroid dienone is 1. The highest BCUT2D eigenvalue weighted by Gasteiger charge is 1.91. The zero-order chi connectivity index (χ0) is 8.97. The van der Waals surface area contributed by atoms with E-state index in [0.717, 1.165) is 5.56 Å². The van der Waals surface area contributed by atoms with E-state index in [4.69, 9.17) is 5.73 Å². The second-order valence-corrected chi connectivity index (χ2v) is 2.71. The lowest BCUT2D eigenvalue weighted by Gasteiger charge is -1.99. The van der Waals surface area contributed by atoms with Gasteiger partial charge in [-0.3, -0.25) is 0 Å². The average Bonchev–Trinajstić information content (AvgIpc) is 2.09. The van der Waals surface area contributed by atoms with E-state index < -0.39 is 0 Å². The Morgan fingerprint density at radius 3 is 2.67 bits per heavy atom. The van der Waals surface area contributed by atoms with Crippen LogP contribution < -0.4 is 5.73 Å². The van der Waals surface area contributed by atoms with E-state index >= 15 is 0 Å². The highest BCUT2D eigenvalue weighted by Crippen LogP contribution is 2.09. The third kappa shape index (κ3) is 1.99. The zero-order valence-electron chi connectivity index (χ0n) is 7.25. The van der Waals surface area contributed by atoms with E-state index in [-0.39, 0.29) is 0 Å². The van der Waals surface area contributed by atoms with Gasteiger partial charge in [-0.1, -0.05) is 30.8 Å². The van der Waals surface area contributed by atoms with Crippen LogP contribution in [0.25, 0.3) is 6.08 Å². The van der Waals surface area contributed by atoms with Gasteiger partial charge < -0.3 is 5.73 Å². The highest BCUT2D eigenvalue weighted by molar-refractivity contribution is 5.57. The van der Waals surface area contributed by atoms with Crippen molar-refractivity contribution in [2.24, 2.45) is 5.73 Å². The average molecular weight is 159 g/mol. The van der Waals surface area contributed by atoms with Crippen LogP contribution in [0.1, 0.15) is 11.1 Å². The van der Waals surface area contributed by atoms with Gasteiger partial charge >= 0.3 is 0 Å². The number of aryl methyl sites for hydroxylation is 1. The van der Waals surface area contributed by atoms with Gasteiger partial charge in [0.1, 0.15) is 0 Å². The number of rotatable bonds is 2. The van der Waals surface area contributed by atoms with Gasteiger partial charge in [-0.05, 0) is 30.2 Å². The molecule has 0 amide bonds. The van der Waals surface area contributed by atoms with Crippen LogP contribution in [-0.2, 0) is 0 Å². The van der Waals surface area contributed by atoms with Crippen LogP contribution in [0.15, 0.2) is 42.6 Å². The van der Waals surface area contributed by atoms with Gasteiger partial charge in [-0.15, -0.1) is 0 Å². The molecule has 0 radical (unpaired) electrons. The molecule has 2 N–H and O–H groups in total. The molecular weight excluding hydrogens is 146 g/mol. The standard InChI is InChI=1S/C11H13N/c1-3-11(12)8-10-7-5-4-6-9(10)2/h3-8H,1,12H2,2H3/b11-8+. The second kappa shape index (κ2) is 3.77. The van der Waals surface area contributed by atoms with E-state index in [9.17, 15) is 0 Å². The lowest BCUT2D eigenvalue weighted by molar-refractivity contribution is 1.41. The monoisotopic (exact) mass is 159 g/mol. The maximum absolute atomic E-state index is 5.62. The number of nitrogens with two attached hydrogens (primary N) is 1. The third-order valence-electron chi connectivity index (χ3n) is 1.75. The largest absolute Gasteiger partial charge is 0.399 e. The molecule has 1 rings (SSSR count). The first kappa shape index (κ1) is 8.60. The van der Waals surface area contributed by atoms with Crippen molar-refractivity contribution in [2.75, 3.05) is 0 Å². The number of hydrogen-bond donors (Lipinski definition) is 1. The molecule has 0 aromatic heterocycles. The van der Waals surface area contributed by atoms with Crippen molar-refractivity contribution in [1.82, 2.24) is 0 Å². The Morgan fingerprint density at radius 2 is 2.08 bits per heavy atom. The van der Waals surface area contributed by atoms with E-state index in [1.165, 1.54) is 5.56 Å². The van der Waals surface area contributed by atoms with Gasteiger partial charge in [0.2, 0.25) is 0 Å². The Balaban J connectivity index is 3.04. The van der Waals surface area contributed by atoms with Gasteiger partial charge in [0.05, 0.1) is 0 Å². The van der Waals surface area contributed by atoms with Crippen molar-refractivity contribution in [3.63, 3.8) is 0 Å². The molecule has 12 heavy (non-hydrogen) atoms. The molecule has 62 valence electrons. The topological polar surface area (TPSA) is 26.0 Å². The number of hydrogen-bond acceptors (Lipinski definition) is 1. The maximum Gasteiger partial charge on any atom is 0.0314 e. The Kier molecular flexibility index (Phi) is 2.70. The minimum Gasteiger partial charge on any atom is -0.399 e. The van der Waals surface area contributed by atoms with E-state index in [1.807, 2.05) is 24.3 Å². The Morgan fingerprint density at radius 1 is 1.42 bits per heavy atom. The molecular formula is C11H13N. The molecule has 0 spiro atoms. The summed E-state index contributed by atoms with van der Waals surface area (Å²) >= 11 is 0. The molecule has 0 saturated heterocycles. The van der Waals surface area contributed by atoms with E-state index in [2.05, 4.69) is 19.6 Å². The summed E-state index contributed by atoms with van der Waals surface area (Å²) in [5.74, 6) is 0. The normalized spacial score (nSPS) is 11.2. The van der Waals surface area contributed by atoms with Crippen LogP contribution in [0.3, 0.4) is 0 Å². The molecule has 0 unspecified atom stereocenters. The SMILES string of the molecule is C=C/C(N)=C\c1ccccc1C. The fourth-order valence-electron chi connectivity index (χ4n) is 0.987. The van der Waals surface area contributed by atoms with Crippen molar-refractivity contribution in [3.05, 3.63) is 53.7 Å². The molecule has 0 aliphatic heterocycles. The summed E-state index contributed by atoms with van der Waals surface area (Å²) in [6.07, 6.45) is 3.56. The summed E-state index contributed by atoms with van der Waals surface area (Å²) in [5, 5.41) is 0. The minimum atomic E-state index is 0.698. The molecule has 1 nitrogen and oxygen atoms in total. The first-order valence-corrected chi connectivity index (χ1v) is 3.89. The molecule has 0 aliphatic carbocycles. The first-order valence-electron chi connectivity index (χ1n) is 3.89. The summed E-state index contributed by atoms with van der Waals surface area (Å²) in [6, 6.07) is 8.10. The van der Waals surface area contributed by atoms with Crippen LogP contribution in [0, 0.1) is 6.92 Å². The molecule has 0 saturated carbocycles. The third-order valence-corrected chi connectivity index (χ3v) is 1.75. The first-order chi connectivity index (χ1) is 5.74. The fourth-order valence-corrected chi connectivity index (χ4v) is 0.987. The van der Waals surface area contributed by atoms with Gasteiger partial charge in [0, 0.05) is 5.70 Å². The van der Waals surface area contributed by atoms with Crippen molar-refractivity contribution >= 4 is 6.08 Å². The van der Waals surface area contributed by atoms with Crippen LogP contribution in [-0.4, -0.2) is 0 Å². The number of benzene rings is 1. The van der Waals surface area contributed by atoms with Crippen LogP contribution >= 0.6 is 0 Å². The Labute approximate surface area is 73.2 Å². The predicted molar refractivity (Wildman–Crippen MR) is 53.5 cm³/mol. The van der Waals surface area contributed by atoms with E-state index in [1.54, 1.807) is 6.08 Å². The van der Waals surface area contributed by atoms with Gasteiger partial charge in [-0.2, -0.15) is 0 Å². The molecule has 1 heteroatoms. The molecule has 0 fully saturated rings. The predicted octanol–water partition coefficient (Wildman–Crippen LogP) is 2.48. The summed E-state index contributed by atoms with van der Waals surface area (Å²) in [6.45, 7) is 5.65. The molecule has 0 bridgehead atoms. The van der Waals surface area contributed by atoms with Crippen molar-refractivity contribution < 1.29 is 0 Å². The van der Waals surface area contributed by atoms with Crippen LogP contribution in [0.5, 0.6) is 0 Å². The summed E-state index contributed by atoms with van der Waals surface area (Å²) in [4.78, 5) is 0. The van der Waals surface area contributed by atoms with Crippen LogP contribution in [0.2, 0.25) is 0 Å². The molecule has 0 heterocycles. The van der Waals surface area contributed by atoms with E-state index in [0.29, 0.717) is 5.70 Å². The minimum absolute atomic E-state index is 0.698. The Hall–Kier alpha value is -1.50. The summed E-state index contributed by atoms with van der Waals surface area (Å²) in [5.41, 5.74) is 8.69. The highest BCUT2D eigenvalue weighted by atomic mass is 14.5. The van der Waals surface area contributed by atoms with Gasteiger partial charge in [0.25, 0.3) is 0 Å². The zero-order valence-corrected chi connectivity index (χ0v) is 7.25. The second-order valence-electron chi connectivity index (χ2n) is 2.71. The van der Waals surface area contributed by atoms with Gasteiger partial charge in [-0.25, -0.2) is 0 Å². The quantitative estimate of drug-likeness (QED) is 0.659.